The molecule has 1 saturated carbocycles. The maximum absolute atomic E-state index is 9.79. The van der Waals surface area contributed by atoms with E-state index in [1.807, 2.05) is 6.08 Å². The molecule has 2 aliphatic carbocycles. The molecule has 0 aliphatic heterocycles. The second-order valence-corrected chi connectivity index (χ2v) is 6.01. The first kappa shape index (κ1) is 14.9. The molecule has 2 aliphatic rings. The summed E-state index contributed by atoms with van der Waals surface area (Å²) in [6, 6.07) is 9.91. The number of aromatic nitrogens is 1. The number of allylic oxidation sites excluding steroid dienone is 2. The van der Waals surface area contributed by atoms with Gasteiger partial charge in [0.25, 0.3) is 0 Å². The van der Waals surface area contributed by atoms with Gasteiger partial charge in [0.2, 0.25) is 0 Å². The van der Waals surface area contributed by atoms with E-state index in [0.717, 1.165) is 30.4 Å². The zero-order valence-electron chi connectivity index (χ0n) is 12.5. The lowest BCUT2D eigenvalue weighted by Gasteiger charge is -2.45. The van der Waals surface area contributed by atoms with E-state index in [1.165, 1.54) is 0 Å². The lowest BCUT2D eigenvalue weighted by molar-refractivity contribution is 0.320. The fourth-order valence-corrected chi connectivity index (χ4v) is 3.96. The van der Waals surface area contributed by atoms with E-state index in [9.17, 15) is 15.8 Å². The topological polar surface area (TPSA) is 108 Å². The van der Waals surface area contributed by atoms with E-state index >= 15 is 0 Å². The van der Waals surface area contributed by atoms with Gasteiger partial charge in [-0.2, -0.15) is 15.8 Å². The van der Waals surface area contributed by atoms with E-state index < -0.39 is 17.3 Å². The first-order chi connectivity index (χ1) is 11.2. The van der Waals surface area contributed by atoms with Crippen LogP contribution in [0, 0.1) is 56.7 Å². The summed E-state index contributed by atoms with van der Waals surface area (Å²) in [5.41, 5.74) is 0.0612. The van der Waals surface area contributed by atoms with Gasteiger partial charge in [-0.05, 0) is 48.4 Å². The second kappa shape index (κ2) is 5.67. The summed E-state index contributed by atoms with van der Waals surface area (Å²) in [5, 5.41) is 37.5. The summed E-state index contributed by atoms with van der Waals surface area (Å²) in [6.07, 6.45) is 7.99. The lowest BCUT2D eigenvalue weighted by atomic mass is 9.53. The SMILES string of the molecule is N#C[C@@H]1C(=N)C(C#N)(C#N)[C@@H](c2ccncc2)[C@@H]2CCCC=C12. The molecular formula is C18H15N5. The minimum Gasteiger partial charge on any atom is -0.305 e. The molecule has 5 heteroatoms. The number of pyridine rings is 1. The summed E-state index contributed by atoms with van der Waals surface area (Å²) in [7, 11) is 0. The Balaban J connectivity index is 2.26. The first-order valence-electron chi connectivity index (χ1n) is 7.60. The quantitative estimate of drug-likeness (QED) is 0.804. The number of rotatable bonds is 1. The molecule has 0 aromatic carbocycles. The van der Waals surface area contributed by atoms with Gasteiger partial charge in [0, 0.05) is 18.3 Å². The van der Waals surface area contributed by atoms with Crippen molar-refractivity contribution in [2.45, 2.75) is 25.2 Å². The van der Waals surface area contributed by atoms with Crippen molar-refractivity contribution in [3.8, 4) is 18.2 Å². The van der Waals surface area contributed by atoms with Crippen LogP contribution in [-0.2, 0) is 0 Å². The fourth-order valence-electron chi connectivity index (χ4n) is 3.96. The standard InChI is InChI=1S/C18H15N5/c19-9-15-13-3-1-2-4-14(13)16(12-5-7-23-8-6-12)18(10-20,11-21)17(15)22/h3,5-8,14-16,22H,1-2,4H2/t14-,15+,16+/m1/s1. The number of hydrogen-bond acceptors (Lipinski definition) is 5. The van der Waals surface area contributed by atoms with Crippen LogP contribution in [0.15, 0.2) is 36.2 Å². The van der Waals surface area contributed by atoms with Gasteiger partial charge in [-0.15, -0.1) is 0 Å². The van der Waals surface area contributed by atoms with Crippen LogP contribution >= 0.6 is 0 Å². The Morgan fingerprint density at radius 2 is 1.87 bits per heavy atom. The van der Waals surface area contributed by atoms with E-state index in [4.69, 9.17) is 5.41 Å². The van der Waals surface area contributed by atoms with Crippen molar-refractivity contribution in [2.75, 3.05) is 0 Å². The molecule has 3 rings (SSSR count). The van der Waals surface area contributed by atoms with Gasteiger partial charge in [-0.25, -0.2) is 0 Å². The van der Waals surface area contributed by atoms with Crippen molar-refractivity contribution >= 4 is 5.71 Å². The highest BCUT2D eigenvalue weighted by Crippen LogP contribution is 2.54. The normalized spacial score (nSPS) is 28.5. The Kier molecular flexibility index (Phi) is 3.68. The summed E-state index contributed by atoms with van der Waals surface area (Å²) in [5.74, 6) is -1.24. The maximum Gasteiger partial charge on any atom is 0.189 e. The Morgan fingerprint density at radius 3 is 2.48 bits per heavy atom. The van der Waals surface area contributed by atoms with Crippen LogP contribution < -0.4 is 0 Å². The minimum absolute atomic E-state index is 0.0517. The van der Waals surface area contributed by atoms with Crippen molar-refractivity contribution in [3.63, 3.8) is 0 Å². The Hall–Kier alpha value is -2.97. The van der Waals surface area contributed by atoms with E-state index in [-0.39, 0.29) is 11.6 Å². The molecule has 0 unspecified atom stereocenters. The van der Waals surface area contributed by atoms with Crippen LogP contribution in [0.3, 0.4) is 0 Å². The molecule has 0 saturated heterocycles. The van der Waals surface area contributed by atoms with E-state index in [2.05, 4.69) is 23.2 Å². The fraction of sp³-hybridized carbons (Fsp3) is 0.389. The average molecular weight is 301 g/mol. The number of nitriles is 3. The second-order valence-electron chi connectivity index (χ2n) is 6.01. The molecule has 0 amide bonds. The third kappa shape index (κ3) is 2.04. The summed E-state index contributed by atoms with van der Waals surface area (Å²) < 4.78 is 0. The molecule has 1 aromatic heterocycles. The average Bonchev–Trinajstić information content (AvgIpc) is 2.61. The van der Waals surface area contributed by atoms with Gasteiger partial charge in [0.05, 0.1) is 23.9 Å². The van der Waals surface area contributed by atoms with Crippen LogP contribution in [0.5, 0.6) is 0 Å². The smallest absolute Gasteiger partial charge is 0.189 e. The van der Waals surface area contributed by atoms with E-state index in [0.29, 0.717) is 0 Å². The predicted octanol–water partition coefficient (Wildman–Crippen LogP) is 3.10. The van der Waals surface area contributed by atoms with Crippen LogP contribution in [0.1, 0.15) is 30.7 Å². The van der Waals surface area contributed by atoms with Gasteiger partial charge < -0.3 is 5.41 Å². The van der Waals surface area contributed by atoms with Gasteiger partial charge in [-0.1, -0.05) is 6.08 Å². The highest BCUT2D eigenvalue weighted by Gasteiger charge is 2.57. The first-order valence-corrected chi connectivity index (χ1v) is 7.60. The van der Waals surface area contributed by atoms with Crippen molar-refractivity contribution < 1.29 is 0 Å². The molecule has 1 aromatic rings. The van der Waals surface area contributed by atoms with Crippen molar-refractivity contribution in [2.24, 2.45) is 17.3 Å². The van der Waals surface area contributed by atoms with Crippen molar-refractivity contribution in [3.05, 3.63) is 41.7 Å². The van der Waals surface area contributed by atoms with Crippen LogP contribution in [0.4, 0.5) is 0 Å². The minimum atomic E-state index is -1.60. The molecule has 3 atom stereocenters. The third-order valence-corrected chi connectivity index (χ3v) is 4.99. The Morgan fingerprint density at radius 1 is 1.17 bits per heavy atom. The highest BCUT2D eigenvalue weighted by molar-refractivity contribution is 6.00. The summed E-state index contributed by atoms with van der Waals surface area (Å²) in [4.78, 5) is 4.01. The summed E-state index contributed by atoms with van der Waals surface area (Å²) >= 11 is 0. The zero-order valence-corrected chi connectivity index (χ0v) is 12.5. The molecule has 0 spiro atoms. The Labute approximate surface area is 135 Å². The number of fused-ring (bicyclic) bond motifs is 1. The Bertz CT molecular complexity index is 773. The molecule has 5 nitrogen and oxygen atoms in total. The van der Waals surface area contributed by atoms with Crippen LogP contribution in [0.25, 0.3) is 0 Å². The molecule has 112 valence electrons. The largest absolute Gasteiger partial charge is 0.305 e. The molecule has 23 heavy (non-hydrogen) atoms. The number of nitrogens with zero attached hydrogens (tertiary/aromatic N) is 4. The predicted molar refractivity (Wildman–Crippen MR) is 82.9 cm³/mol. The van der Waals surface area contributed by atoms with E-state index in [1.54, 1.807) is 24.5 Å². The number of hydrogen-bond donors (Lipinski definition) is 1. The molecule has 1 fully saturated rings. The highest BCUT2D eigenvalue weighted by atomic mass is 14.7. The van der Waals surface area contributed by atoms with Gasteiger partial charge in [0.1, 0.15) is 5.92 Å². The monoisotopic (exact) mass is 301 g/mol. The molecular weight excluding hydrogens is 286 g/mol. The molecule has 1 N–H and O–H groups in total. The molecule has 0 bridgehead atoms. The maximum atomic E-state index is 9.79. The van der Waals surface area contributed by atoms with Gasteiger partial charge >= 0.3 is 0 Å². The summed E-state index contributed by atoms with van der Waals surface area (Å²) in [6.45, 7) is 0. The zero-order chi connectivity index (χ0) is 16.4. The van der Waals surface area contributed by atoms with Gasteiger partial charge in [-0.3, -0.25) is 4.98 Å². The molecule has 0 radical (unpaired) electrons. The van der Waals surface area contributed by atoms with Gasteiger partial charge in [0.15, 0.2) is 5.41 Å². The lowest BCUT2D eigenvalue weighted by Crippen LogP contribution is -2.48. The third-order valence-electron chi connectivity index (χ3n) is 4.99. The number of nitrogens with one attached hydrogen (secondary N) is 1. The van der Waals surface area contributed by atoms with Crippen LogP contribution in [-0.4, -0.2) is 10.7 Å². The van der Waals surface area contributed by atoms with Crippen molar-refractivity contribution in [1.29, 1.82) is 21.2 Å². The van der Waals surface area contributed by atoms with Crippen LogP contribution in [0.2, 0.25) is 0 Å². The van der Waals surface area contributed by atoms with Crippen molar-refractivity contribution in [1.82, 2.24) is 4.98 Å². The molecule has 1 heterocycles.